The molecule has 0 unspecified atom stereocenters. The average molecular weight is 315 g/mol. The highest BCUT2D eigenvalue weighted by Gasteiger charge is 2.26. The highest BCUT2D eigenvalue weighted by Crippen LogP contribution is 2.38. The average Bonchev–Trinajstić information content (AvgIpc) is 3.29. The van der Waals surface area contributed by atoms with E-state index in [0.717, 1.165) is 50.4 Å². The molecular weight excluding hydrogens is 294 g/mol. The number of hydrogen-bond donors (Lipinski definition) is 0. The molecule has 4 rings (SSSR count). The summed E-state index contributed by atoms with van der Waals surface area (Å²) >= 11 is 0. The Hall–Kier alpha value is -2.02. The van der Waals surface area contributed by atoms with Crippen LogP contribution in [0.5, 0.6) is 0 Å². The molecule has 0 bridgehead atoms. The number of likely N-dealkylation sites (tertiary alicyclic amines) is 1. The van der Waals surface area contributed by atoms with Gasteiger partial charge in [0.05, 0.1) is 18.2 Å². The Morgan fingerprint density at radius 1 is 1.22 bits per heavy atom. The van der Waals surface area contributed by atoms with Crippen LogP contribution in [0.15, 0.2) is 28.0 Å². The molecule has 1 aliphatic heterocycles. The number of aromatic nitrogens is 4. The van der Waals surface area contributed by atoms with Gasteiger partial charge in [-0.3, -0.25) is 14.3 Å². The summed E-state index contributed by atoms with van der Waals surface area (Å²) < 4.78 is 6.40. The molecule has 1 saturated heterocycles. The summed E-state index contributed by atoms with van der Waals surface area (Å²) in [7, 11) is 0. The zero-order valence-corrected chi connectivity index (χ0v) is 13.1. The zero-order chi connectivity index (χ0) is 15.6. The highest BCUT2D eigenvalue weighted by molar-refractivity contribution is 5.12. The second-order valence-corrected chi connectivity index (χ2v) is 6.70. The maximum Gasteiger partial charge on any atom is 0.253 e. The van der Waals surface area contributed by atoms with Crippen LogP contribution in [-0.2, 0) is 13.1 Å². The molecule has 0 N–H and O–H groups in total. The van der Waals surface area contributed by atoms with Gasteiger partial charge in [0.1, 0.15) is 5.69 Å². The highest BCUT2D eigenvalue weighted by atomic mass is 16.6. The van der Waals surface area contributed by atoms with Crippen LogP contribution in [0.1, 0.15) is 43.0 Å². The molecule has 7 nitrogen and oxygen atoms in total. The predicted octanol–water partition coefficient (Wildman–Crippen LogP) is 1.42. The minimum absolute atomic E-state index is 0.0954. The van der Waals surface area contributed by atoms with E-state index < -0.39 is 0 Å². The van der Waals surface area contributed by atoms with Crippen molar-refractivity contribution in [2.75, 3.05) is 13.1 Å². The molecule has 0 amide bonds. The standard InChI is InChI=1S/C16H21N5O2/c22-16-7-15(13-1-2-13)17-11-21(16)9-12-3-5-20(6-4-12)10-14-8-18-23-19-14/h7-8,11-13H,1-6,9-10H2. The SMILES string of the molecule is O=c1cc(C2CC2)ncn1CC1CCN(Cc2cnon2)CC1. The van der Waals surface area contributed by atoms with Crippen molar-refractivity contribution in [2.24, 2.45) is 5.92 Å². The van der Waals surface area contributed by atoms with Crippen molar-refractivity contribution in [3.63, 3.8) is 0 Å². The summed E-state index contributed by atoms with van der Waals surface area (Å²) in [5.41, 5.74) is 1.94. The van der Waals surface area contributed by atoms with Gasteiger partial charge in [-0.2, -0.15) is 0 Å². The first-order valence-corrected chi connectivity index (χ1v) is 8.33. The summed E-state index contributed by atoms with van der Waals surface area (Å²) in [4.78, 5) is 19.0. The second-order valence-electron chi connectivity index (χ2n) is 6.70. The fourth-order valence-electron chi connectivity index (χ4n) is 3.27. The van der Waals surface area contributed by atoms with Crippen molar-refractivity contribution in [1.29, 1.82) is 0 Å². The van der Waals surface area contributed by atoms with Crippen molar-refractivity contribution in [3.8, 4) is 0 Å². The molecule has 2 aliphatic rings. The molecule has 0 spiro atoms. The number of piperidine rings is 1. The normalized spacial score (nSPS) is 20.0. The van der Waals surface area contributed by atoms with Gasteiger partial charge in [0, 0.05) is 25.1 Å². The van der Waals surface area contributed by atoms with Gasteiger partial charge in [0.25, 0.3) is 5.56 Å². The third-order valence-corrected chi connectivity index (χ3v) is 4.85. The van der Waals surface area contributed by atoms with Crippen LogP contribution < -0.4 is 5.56 Å². The molecule has 1 aliphatic carbocycles. The minimum atomic E-state index is 0.0954. The zero-order valence-electron chi connectivity index (χ0n) is 13.1. The molecule has 2 aromatic rings. The van der Waals surface area contributed by atoms with E-state index in [2.05, 4.69) is 24.8 Å². The lowest BCUT2D eigenvalue weighted by Crippen LogP contribution is -2.36. The monoisotopic (exact) mass is 315 g/mol. The van der Waals surface area contributed by atoms with Gasteiger partial charge in [-0.05, 0) is 44.7 Å². The third-order valence-electron chi connectivity index (χ3n) is 4.85. The number of rotatable bonds is 5. The van der Waals surface area contributed by atoms with Gasteiger partial charge in [-0.15, -0.1) is 0 Å². The van der Waals surface area contributed by atoms with E-state index in [4.69, 9.17) is 0 Å². The predicted molar refractivity (Wildman–Crippen MR) is 82.8 cm³/mol. The fraction of sp³-hybridized carbons (Fsp3) is 0.625. The van der Waals surface area contributed by atoms with E-state index in [9.17, 15) is 4.79 Å². The first kappa shape index (κ1) is 14.6. The van der Waals surface area contributed by atoms with E-state index in [1.165, 1.54) is 12.8 Å². The number of hydrogen-bond acceptors (Lipinski definition) is 6. The Labute approximate surface area is 134 Å². The smallest absolute Gasteiger partial charge is 0.253 e. The Morgan fingerprint density at radius 3 is 2.70 bits per heavy atom. The van der Waals surface area contributed by atoms with Gasteiger partial charge in [0.15, 0.2) is 0 Å². The van der Waals surface area contributed by atoms with Gasteiger partial charge >= 0.3 is 0 Å². The molecule has 0 aromatic carbocycles. The molecule has 3 heterocycles. The summed E-state index contributed by atoms with van der Waals surface area (Å²) in [5.74, 6) is 1.07. The molecule has 0 radical (unpaired) electrons. The Morgan fingerprint density at radius 2 is 2.04 bits per heavy atom. The summed E-state index contributed by atoms with van der Waals surface area (Å²) in [6.45, 7) is 3.59. The van der Waals surface area contributed by atoms with Gasteiger partial charge in [-0.1, -0.05) is 10.3 Å². The molecule has 2 fully saturated rings. The fourth-order valence-corrected chi connectivity index (χ4v) is 3.27. The van der Waals surface area contributed by atoms with Crippen LogP contribution in [0.4, 0.5) is 0 Å². The molecule has 122 valence electrons. The largest absolute Gasteiger partial charge is 0.299 e. The van der Waals surface area contributed by atoms with Crippen molar-refractivity contribution in [1.82, 2.24) is 24.8 Å². The maximum absolute atomic E-state index is 12.2. The van der Waals surface area contributed by atoms with E-state index in [0.29, 0.717) is 11.8 Å². The Balaban J connectivity index is 1.31. The number of nitrogens with zero attached hydrogens (tertiary/aromatic N) is 5. The molecule has 0 atom stereocenters. The van der Waals surface area contributed by atoms with Crippen molar-refractivity contribution in [2.45, 2.75) is 44.7 Å². The maximum atomic E-state index is 12.2. The molecule has 2 aromatic heterocycles. The van der Waals surface area contributed by atoms with Crippen LogP contribution in [0, 0.1) is 5.92 Å². The van der Waals surface area contributed by atoms with Crippen LogP contribution >= 0.6 is 0 Å². The van der Waals surface area contributed by atoms with Crippen molar-refractivity contribution >= 4 is 0 Å². The van der Waals surface area contributed by atoms with E-state index >= 15 is 0 Å². The van der Waals surface area contributed by atoms with Crippen molar-refractivity contribution < 1.29 is 4.63 Å². The Kier molecular flexibility index (Phi) is 3.95. The van der Waals surface area contributed by atoms with Crippen LogP contribution in [0.25, 0.3) is 0 Å². The molecular formula is C16H21N5O2. The minimum Gasteiger partial charge on any atom is -0.299 e. The second kappa shape index (κ2) is 6.23. The quantitative estimate of drug-likeness (QED) is 0.830. The van der Waals surface area contributed by atoms with Crippen LogP contribution in [-0.4, -0.2) is 37.9 Å². The van der Waals surface area contributed by atoms with E-state index in [1.807, 2.05) is 0 Å². The van der Waals surface area contributed by atoms with Crippen LogP contribution in [0.3, 0.4) is 0 Å². The van der Waals surface area contributed by atoms with Crippen molar-refractivity contribution in [3.05, 3.63) is 40.3 Å². The Bertz CT molecular complexity index is 700. The lowest BCUT2D eigenvalue weighted by atomic mass is 9.96. The van der Waals surface area contributed by atoms with Crippen LogP contribution in [0.2, 0.25) is 0 Å². The van der Waals surface area contributed by atoms with Gasteiger partial charge in [-0.25, -0.2) is 9.61 Å². The third kappa shape index (κ3) is 3.50. The van der Waals surface area contributed by atoms with E-state index in [1.54, 1.807) is 23.2 Å². The summed E-state index contributed by atoms with van der Waals surface area (Å²) in [6, 6.07) is 1.73. The summed E-state index contributed by atoms with van der Waals surface area (Å²) in [5, 5.41) is 7.49. The van der Waals surface area contributed by atoms with E-state index in [-0.39, 0.29) is 5.56 Å². The molecule has 7 heteroatoms. The molecule has 23 heavy (non-hydrogen) atoms. The lowest BCUT2D eigenvalue weighted by molar-refractivity contribution is 0.162. The topological polar surface area (TPSA) is 77.0 Å². The lowest BCUT2D eigenvalue weighted by Gasteiger charge is -2.31. The van der Waals surface area contributed by atoms with Gasteiger partial charge in [0.2, 0.25) is 0 Å². The first-order valence-electron chi connectivity index (χ1n) is 8.33. The first-order chi connectivity index (χ1) is 11.3. The molecule has 1 saturated carbocycles. The summed E-state index contributed by atoms with van der Waals surface area (Å²) in [6.07, 6.45) is 7.93. The van der Waals surface area contributed by atoms with Gasteiger partial charge < -0.3 is 0 Å².